The summed E-state index contributed by atoms with van der Waals surface area (Å²) < 4.78 is 10.5. The number of furan rings is 1. The van der Waals surface area contributed by atoms with Crippen LogP contribution in [0.25, 0.3) is 11.3 Å². The van der Waals surface area contributed by atoms with E-state index in [0.717, 1.165) is 5.56 Å². The molecule has 3 rings (SSSR count). The highest BCUT2D eigenvalue weighted by atomic mass is 35.5. The number of carbonyl (C=O) groups excluding carboxylic acids is 2. The Hall–Kier alpha value is -2.76. The van der Waals surface area contributed by atoms with Gasteiger partial charge in [-0.2, -0.15) is 0 Å². The molecule has 0 aliphatic carbocycles. The predicted molar refractivity (Wildman–Crippen MR) is 104 cm³/mol. The van der Waals surface area contributed by atoms with Crippen molar-refractivity contribution in [2.45, 2.75) is 6.92 Å². The molecular weight excluding hydrogens is 389 g/mol. The van der Waals surface area contributed by atoms with Gasteiger partial charge in [0.2, 0.25) is 5.76 Å². The molecule has 7 heteroatoms. The number of esters is 1. The molecule has 3 aromatic rings. The second-order valence-electron chi connectivity index (χ2n) is 5.70. The van der Waals surface area contributed by atoms with Crippen molar-refractivity contribution in [3.63, 3.8) is 0 Å². The third-order valence-electron chi connectivity index (χ3n) is 3.78. The molecular formula is C20H15Cl2NO4. The van der Waals surface area contributed by atoms with Crippen LogP contribution in [0.1, 0.15) is 16.1 Å². The van der Waals surface area contributed by atoms with E-state index >= 15 is 0 Å². The molecule has 1 N–H and O–H groups in total. The normalized spacial score (nSPS) is 10.5. The molecule has 138 valence electrons. The van der Waals surface area contributed by atoms with E-state index in [2.05, 4.69) is 5.32 Å². The summed E-state index contributed by atoms with van der Waals surface area (Å²) in [6.07, 6.45) is 0. The van der Waals surface area contributed by atoms with Crippen LogP contribution >= 0.6 is 23.2 Å². The van der Waals surface area contributed by atoms with Crippen molar-refractivity contribution >= 4 is 40.8 Å². The van der Waals surface area contributed by atoms with Gasteiger partial charge in [-0.15, -0.1) is 0 Å². The molecule has 0 saturated heterocycles. The Kier molecular flexibility index (Phi) is 5.84. The lowest BCUT2D eigenvalue weighted by Crippen LogP contribution is -2.21. The molecule has 0 bridgehead atoms. The van der Waals surface area contributed by atoms with Gasteiger partial charge in [0.15, 0.2) is 6.61 Å². The Morgan fingerprint density at radius 3 is 2.59 bits per heavy atom. The molecule has 2 aromatic carbocycles. The highest BCUT2D eigenvalue weighted by Gasteiger charge is 2.17. The lowest BCUT2D eigenvalue weighted by atomic mass is 10.2. The van der Waals surface area contributed by atoms with Crippen LogP contribution in [0.15, 0.2) is 59.0 Å². The van der Waals surface area contributed by atoms with Crippen molar-refractivity contribution in [1.29, 1.82) is 0 Å². The number of carbonyl (C=O) groups is 2. The average Bonchev–Trinajstić information content (AvgIpc) is 3.14. The summed E-state index contributed by atoms with van der Waals surface area (Å²) in [5, 5.41) is 3.39. The fourth-order valence-corrected chi connectivity index (χ4v) is 2.78. The summed E-state index contributed by atoms with van der Waals surface area (Å²) >= 11 is 12.1. The zero-order chi connectivity index (χ0) is 19.4. The van der Waals surface area contributed by atoms with Gasteiger partial charge in [0.1, 0.15) is 5.76 Å². The highest BCUT2D eigenvalue weighted by molar-refractivity contribution is 6.43. The molecule has 5 nitrogen and oxygen atoms in total. The number of para-hydroxylation sites is 1. The minimum atomic E-state index is -0.751. The SMILES string of the molecule is Cc1ccccc1NC(=O)COC(=O)c1ccc(-c2cccc(Cl)c2Cl)o1. The van der Waals surface area contributed by atoms with E-state index in [4.69, 9.17) is 32.4 Å². The number of hydrogen-bond acceptors (Lipinski definition) is 4. The molecule has 0 aliphatic heterocycles. The van der Waals surface area contributed by atoms with Gasteiger partial charge in [0, 0.05) is 11.3 Å². The molecule has 1 aromatic heterocycles. The van der Waals surface area contributed by atoms with Gasteiger partial charge in [-0.25, -0.2) is 4.79 Å². The van der Waals surface area contributed by atoms with E-state index in [1.807, 2.05) is 19.1 Å². The van der Waals surface area contributed by atoms with Crippen LogP contribution in [0, 0.1) is 6.92 Å². The molecule has 0 radical (unpaired) electrons. The smallest absolute Gasteiger partial charge is 0.374 e. The number of aryl methyl sites for hydroxylation is 1. The lowest BCUT2D eigenvalue weighted by molar-refractivity contribution is -0.119. The van der Waals surface area contributed by atoms with Crippen molar-refractivity contribution in [2.75, 3.05) is 11.9 Å². The molecule has 0 unspecified atom stereocenters. The molecule has 1 heterocycles. The predicted octanol–water partition coefficient (Wildman–Crippen LogP) is 5.36. The number of halogens is 2. The van der Waals surface area contributed by atoms with Crippen LogP contribution in [0.5, 0.6) is 0 Å². The molecule has 0 atom stereocenters. The Labute approximate surface area is 165 Å². The number of rotatable bonds is 5. The first-order valence-corrected chi connectivity index (χ1v) is 8.78. The van der Waals surface area contributed by atoms with Crippen LogP contribution < -0.4 is 5.32 Å². The van der Waals surface area contributed by atoms with Crippen molar-refractivity contribution in [3.8, 4) is 11.3 Å². The molecule has 0 spiro atoms. The number of anilines is 1. The van der Waals surface area contributed by atoms with Gasteiger partial charge in [0.05, 0.1) is 10.0 Å². The van der Waals surface area contributed by atoms with Crippen LogP contribution in [-0.4, -0.2) is 18.5 Å². The Balaban J connectivity index is 1.62. The third-order valence-corrected chi connectivity index (χ3v) is 4.60. The highest BCUT2D eigenvalue weighted by Crippen LogP contribution is 2.34. The van der Waals surface area contributed by atoms with Crippen LogP contribution in [0.4, 0.5) is 5.69 Å². The van der Waals surface area contributed by atoms with E-state index < -0.39 is 18.5 Å². The summed E-state index contributed by atoms with van der Waals surface area (Å²) in [6, 6.07) is 15.4. The Morgan fingerprint density at radius 1 is 1.04 bits per heavy atom. The number of ether oxygens (including phenoxy) is 1. The lowest BCUT2D eigenvalue weighted by Gasteiger charge is -2.08. The zero-order valence-corrected chi connectivity index (χ0v) is 15.8. The fraction of sp³-hybridized carbons (Fsp3) is 0.100. The van der Waals surface area contributed by atoms with E-state index in [0.29, 0.717) is 27.1 Å². The quantitative estimate of drug-likeness (QED) is 0.582. The van der Waals surface area contributed by atoms with E-state index in [9.17, 15) is 9.59 Å². The van der Waals surface area contributed by atoms with E-state index in [1.165, 1.54) is 6.07 Å². The standard InChI is InChI=1S/C20H15Cl2NO4/c1-12-5-2-3-8-15(12)23-18(24)11-26-20(25)17-10-9-16(27-17)13-6-4-7-14(21)19(13)22/h2-10H,11H2,1H3,(H,23,24). The summed E-state index contributed by atoms with van der Waals surface area (Å²) in [4.78, 5) is 24.1. The van der Waals surface area contributed by atoms with Crippen molar-refractivity contribution in [1.82, 2.24) is 0 Å². The van der Waals surface area contributed by atoms with Crippen LogP contribution in [0.3, 0.4) is 0 Å². The first-order chi connectivity index (χ1) is 13.0. The summed E-state index contributed by atoms with van der Waals surface area (Å²) in [7, 11) is 0. The second kappa shape index (κ2) is 8.29. The maximum absolute atomic E-state index is 12.1. The van der Waals surface area contributed by atoms with Gasteiger partial charge in [-0.05, 0) is 42.8 Å². The van der Waals surface area contributed by atoms with Crippen molar-refractivity contribution in [2.24, 2.45) is 0 Å². The fourth-order valence-electron chi connectivity index (χ4n) is 2.39. The first-order valence-electron chi connectivity index (χ1n) is 8.02. The topological polar surface area (TPSA) is 68.5 Å². The molecule has 27 heavy (non-hydrogen) atoms. The number of benzene rings is 2. The minimum Gasteiger partial charge on any atom is -0.450 e. The van der Waals surface area contributed by atoms with Gasteiger partial charge >= 0.3 is 5.97 Å². The minimum absolute atomic E-state index is 0.0373. The van der Waals surface area contributed by atoms with Gasteiger partial charge in [-0.3, -0.25) is 4.79 Å². The van der Waals surface area contributed by atoms with Gasteiger partial charge in [0.25, 0.3) is 5.91 Å². The molecule has 0 saturated carbocycles. The summed E-state index contributed by atoms with van der Waals surface area (Å²) in [5.74, 6) is -0.856. The largest absolute Gasteiger partial charge is 0.450 e. The van der Waals surface area contributed by atoms with Crippen molar-refractivity contribution in [3.05, 3.63) is 76.0 Å². The maximum Gasteiger partial charge on any atom is 0.374 e. The first kappa shape index (κ1) is 19.0. The zero-order valence-electron chi connectivity index (χ0n) is 14.3. The molecule has 0 aliphatic rings. The summed E-state index contributed by atoms with van der Waals surface area (Å²) in [6.45, 7) is 1.44. The third kappa shape index (κ3) is 4.51. The van der Waals surface area contributed by atoms with Crippen LogP contribution in [-0.2, 0) is 9.53 Å². The Bertz CT molecular complexity index is 997. The van der Waals surface area contributed by atoms with E-state index in [-0.39, 0.29) is 5.76 Å². The van der Waals surface area contributed by atoms with Crippen molar-refractivity contribution < 1.29 is 18.7 Å². The van der Waals surface area contributed by atoms with Gasteiger partial charge in [-0.1, -0.05) is 47.5 Å². The monoisotopic (exact) mass is 403 g/mol. The average molecular weight is 404 g/mol. The summed E-state index contributed by atoms with van der Waals surface area (Å²) in [5.41, 5.74) is 2.13. The number of nitrogens with one attached hydrogen (secondary N) is 1. The van der Waals surface area contributed by atoms with Gasteiger partial charge < -0.3 is 14.5 Å². The molecule has 1 amide bonds. The van der Waals surface area contributed by atoms with Crippen LogP contribution in [0.2, 0.25) is 10.0 Å². The second-order valence-corrected chi connectivity index (χ2v) is 6.49. The number of amides is 1. The number of hydrogen-bond donors (Lipinski definition) is 1. The molecule has 0 fully saturated rings. The Morgan fingerprint density at radius 2 is 1.81 bits per heavy atom. The van der Waals surface area contributed by atoms with E-state index in [1.54, 1.807) is 36.4 Å². The maximum atomic E-state index is 12.1.